The SMILES string of the molecule is COC(/C=C(\O)c1ccccc1)=N\c1ccccc1. The van der Waals surface area contributed by atoms with Crippen LogP contribution in [-0.2, 0) is 4.74 Å². The van der Waals surface area contributed by atoms with Crippen molar-refractivity contribution in [2.45, 2.75) is 0 Å². The Hall–Kier alpha value is -2.55. The maximum absolute atomic E-state index is 10.0. The predicted molar refractivity (Wildman–Crippen MR) is 77.6 cm³/mol. The van der Waals surface area contributed by atoms with Crippen molar-refractivity contribution in [2.24, 2.45) is 4.99 Å². The average Bonchev–Trinajstić information content (AvgIpc) is 2.48. The monoisotopic (exact) mass is 253 g/mol. The number of hydrogen-bond acceptors (Lipinski definition) is 3. The standard InChI is InChI=1S/C16H15NO2/c1-19-16(17-14-10-6-3-7-11-14)12-15(18)13-8-4-2-5-9-13/h2-12,18H,1H3/b15-12-,17-16-. The Morgan fingerprint density at radius 3 is 2.16 bits per heavy atom. The topological polar surface area (TPSA) is 41.8 Å². The van der Waals surface area contributed by atoms with E-state index >= 15 is 0 Å². The molecule has 2 rings (SSSR count). The predicted octanol–water partition coefficient (Wildman–Crippen LogP) is 3.96. The zero-order chi connectivity index (χ0) is 13.5. The normalized spacial score (nSPS) is 12.3. The molecule has 0 aromatic heterocycles. The molecule has 0 spiro atoms. The Kier molecular flexibility index (Phi) is 4.34. The van der Waals surface area contributed by atoms with Gasteiger partial charge in [-0.3, -0.25) is 0 Å². The summed E-state index contributed by atoms with van der Waals surface area (Å²) in [4.78, 5) is 4.30. The molecule has 0 atom stereocenters. The van der Waals surface area contributed by atoms with Gasteiger partial charge >= 0.3 is 0 Å². The summed E-state index contributed by atoms with van der Waals surface area (Å²) >= 11 is 0. The molecule has 0 saturated carbocycles. The van der Waals surface area contributed by atoms with E-state index in [0.717, 1.165) is 11.3 Å². The summed E-state index contributed by atoms with van der Waals surface area (Å²) in [6.45, 7) is 0. The van der Waals surface area contributed by atoms with Crippen molar-refractivity contribution in [3.05, 3.63) is 72.3 Å². The molecular weight excluding hydrogens is 238 g/mol. The third-order valence-electron chi connectivity index (χ3n) is 2.53. The smallest absolute Gasteiger partial charge is 0.217 e. The summed E-state index contributed by atoms with van der Waals surface area (Å²) in [5.74, 6) is 0.477. The van der Waals surface area contributed by atoms with Gasteiger partial charge in [-0.25, -0.2) is 4.99 Å². The van der Waals surface area contributed by atoms with Crippen LogP contribution in [0.15, 0.2) is 71.7 Å². The van der Waals surface area contributed by atoms with Crippen LogP contribution in [0.1, 0.15) is 5.56 Å². The lowest BCUT2D eigenvalue weighted by atomic mass is 10.2. The molecule has 0 fully saturated rings. The van der Waals surface area contributed by atoms with Crippen LogP contribution < -0.4 is 0 Å². The Labute approximate surface area is 112 Å². The Morgan fingerprint density at radius 2 is 1.58 bits per heavy atom. The molecule has 0 radical (unpaired) electrons. The second kappa shape index (κ2) is 6.40. The first kappa shape index (κ1) is 12.9. The number of ether oxygens (including phenoxy) is 1. The van der Waals surface area contributed by atoms with Crippen LogP contribution in [0.2, 0.25) is 0 Å². The molecule has 2 aromatic carbocycles. The quantitative estimate of drug-likeness (QED) is 0.511. The first-order chi connectivity index (χ1) is 9.29. The van der Waals surface area contributed by atoms with Crippen LogP contribution in [0.5, 0.6) is 0 Å². The molecule has 2 aromatic rings. The summed E-state index contributed by atoms with van der Waals surface area (Å²) in [5, 5.41) is 10.0. The lowest BCUT2D eigenvalue weighted by Gasteiger charge is -2.03. The molecule has 3 heteroatoms. The molecule has 0 heterocycles. The molecule has 0 aliphatic rings. The van der Waals surface area contributed by atoms with Crippen molar-refractivity contribution in [1.82, 2.24) is 0 Å². The minimum absolute atomic E-state index is 0.122. The molecule has 0 bridgehead atoms. The lowest BCUT2D eigenvalue weighted by molar-refractivity contribution is 0.405. The van der Waals surface area contributed by atoms with Crippen molar-refractivity contribution in [1.29, 1.82) is 0 Å². The summed E-state index contributed by atoms with van der Waals surface area (Å²) in [6, 6.07) is 18.7. The van der Waals surface area contributed by atoms with Crippen LogP contribution >= 0.6 is 0 Å². The molecule has 19 heavy (non-hydrogen) atoms. The van der Waals surface area contributed by atoms with Crippen LogP contribution in [-0.4, -0.2) is 18.1 Å². The van der Waals surface area contributed by atoms with E-state index in [2.05, 4.69) is 4.99 Å². The summed E-state index contributed by atoms with van der Waals surface area (Å²) < 4.78 is 5.16. The molecule has 3 nitrogen and oxygen atoms in total. The van der Waals surface area contributed by atoms with E-state index in [0.29, 0.717) is 5.90 Å². The average molecular weight is 253 g/mol. The van der Waals surface area contributed by atoms with Crippen molar-refractivity contribution < 1.29 is 9.84 Å². The number of para-hydroxylation sites is 1. The van der Waals surface area contributed by atoms with E-state index < -0.39 is 0 Å². The van der Waals surface area contributed by atoms with Gasteiger partial charge in [-0.2, -0.15) is 0 Å². The van der Waals surface area contributed by atoms with E-state index in [1.165, 1.54) is 13.2 Å². The van der Waals surface area contributed by atoms with Gasteiger partial charge in [0.05, 0.1) is 12.8 Å². The second-order valence-corrected chi connectivity index (χ2v) is 3.89. The Morgan fingerprint density at radius 1 is 1.00 bits per heavy atom. The zero-order valence-corrected chi connectivity index (χ0v) is 10.7. The van der Waals surface area contributed by atoms with Crippen molar-refractivity contribution in [2.75, 3.05) is 7.11 Å². The first-order valence-electron chi connectivity index (χ1n) is 5.93. The zero-order valence-electron chi connectivity index (χ0n) is 10.7. The number of aliphatic hydroxyl groups is 1. The van der Waals surface area contributed by atoms with Crippen LogP contribution in [0.4, 0.5) is 5.69 Å². The van der Waals surface area contributed by atoms with Crippen molar-refractivity contribution in [3.8, 4) is 0 Å². The Bertz CT molecular complexity index is 574. The maximum atomic E-state index is 10.0. The van der Waals surface area contributed by atoms with Crippen LogP contribution in [0.25, 0.3) is 5.76 Å². The molecule has 0 aliphatic carbocycles. The maximum Gasteiger partial charge on any atom is 0.217 e. The van der Waals surface area contributed by atoms with Gasteiger partial charge in [0.1, 0.15) is 5.76 Å². The van der Waals surface area contributed by atoms with E-state index in [1.54, 1.807) is 0 Å². The van der Waals surface area contributed by atoms with Gasteiger partial charge in [0.2, 0.25) is 5.90 Å². The number of rotatable bonds is 3. The number of aliphatic imine (C=N–C) groups is 1. The van der Waals surface area contributed by atoms with E-state index in [4.69, 9.17) is 4.74 Å². The van der Waals surface area contributed by atoms with Gasteiger partial charge in [-0.15, -0.1) is 0 Å². The fourth-order valence-electron chi connectivity index (χ4n) is 1.58. The minimum atomic E-state index is 0.122. The third-order valence-corrected chi connectivity index (χ3v) is 2.53. The highest BCUT2D eigenvalue weighted by molar-refractivity contribution is 5.95. The van der Waals surface area contributed by atoms with Gasteiger partial charge in [0.15, 0.2) is 0 Å². The molecule has 96 valence electrons. The van der Waals surface area contributed by atoms with Gasteiger partial charge in [-0.05, 0) is 12.1 Å². The fraction of sp³-hybridized carbons (Fsp3) is 0.0625. The number of methoxy groups -OCH3 is 1. The van der Waals surface area contributed by atoms with Gasteiger partial charge in [-0.1, -0.05) is 48.5 Å². The Balaban J connectivity index is 2.26. The van der Waals surface area contributed by atoms with Crippen molar-refractivity contribution in [3.63, 3.8) is 0 Å². The van der Waals surface area contributed by atoms with Gasteiger partial charge < -0.3 is 9.84 Å². The van der Waals surface area contributed by atoms with E-state index in [1.807, 2.05) is 60.7 Å². The van der Waals surface area contributed by atoms with Gasteiger partial charge in [0, 0.05) is 11.6 Å². The van der Waals surface area contributed by atoms with Gasteiger partial charge in [0.25, 0.3) is 0 Å². The van der Waals surface area contributed by atoms with E-state index in [9.17, 15) is 5.11 Å². The largest absolute Gasteiger partial charge is 0.507 e. The summed E-state index contributed by atoms with van der Waals surface area (Å²) in [5.41, 5.74) is 1.50. The molecule has 0 amide bonds. The minimum Gasteiger partial charge on any atom is -0.507 e. The highest BCUT2D eigenvalue weighted by Crippen LogP contribution is 2.14. The third kappa shape index (κ3) is 3.71. The molecule has 1 N–H and O–H groups in total. The highest BCUT2D eigenvalue weighted by atomic mass is 16.5. The molecular formula is C16H15NO2. The lowest BCUT2D eigenvalue weighted by Crippen LogP contribution is -1.98. The first-order valence-corrected chi connectivity index (χ1v) is 5.93. The summed E-state index contributed by atoms with van der Waals surface area (Å²) in [7, 11) is 1.52. The van der Waals surface area contributed by atoms with Crippen LogP contribution in [0.3, 0.4) is 0 Å². The highest BCUT2D eigenvalue weighted by Gasteiger charge is 2.01. The molecule has 0 aliphatic heterocycles. The number of hydrogen-bond donors (Lipinski definition) is 1. The van der Waals surface area contributed by atoms with Crippen molar-refractivity contribution >= 4 is 17.3 Å². The number of aliphatic hydroxyl groups excluding tert-OH is 1. The summed E-state index contributed by atoms with van der Waals surface area (Å²) in [6.07, 6.45) is 1.50. The van der Waals surface area contributed by atoms with E-state index in [-0.39, 0.29) is 5.76 Å². The number of nitrogens with zero attached hydrogens (tertiary/aromatic N) is 1. The molecule has 0 saturated heterocycles. The fourth-order valence-corrected chi connectivity index (χ4v) is 1.58. The number of benzene rings is 2. The second-order valence-electron chi connectivity index (χ2n) is 3.89. The van der Waals surface area contributed by atoms with Crippen LogP contribution in [0, 0.1) is 0 Å². The molecule has 0 unspecified atom stereocenters.